The Bertz CT molecular complexity index is 1590. The largest absolute Gasteiger partial charge is 0.364 e. The van der Waals surface area contributed by atoms with E-state index in [1.165, 1.54) is 11.3 Å². The number of hydrogen-bond acceptors (Lipinski definition) is 6. The molecular weight excluding hydrogens is 487 g/mol. The molecule has 4 aromatic rings. The van der Waals surface area contributed by atoms with Gasteiger partial charge in [-0.15, -0.1) is 17.3 Å². The molecule has 1 aromatic carbocycles. The normalized spacial score (nSPS) is 19.4. The third-order valence-corrected chi connectivity index (χ3v) is 8.58. The van der Waals surface area contributed by atoms with Crippen molar-refractivity contribution < 1.29 is 4.39 Å². The first kappa shape index (κ1) is 25.4. The number of thiazole rings is 1. The molecule has 0 saturated carbocycles. The van der Waals surface area contributed by atoms with Gasteiger partial charge in [-0.25, -0.2) is 9.37 Å². The number of hydrogen-bond donors (Lipinski definition) is 0. The van der Waals surface area contributed by atoms with Gasteiger partial charge in [0.2, 0.25) is 0 Å². The topological polar surface area (TPSA) is 59.2 Å². The van der Waals surface area contributed by atoms with Crippen LogP contribution in [0.5, 0.6) is 0 Å². The van der Waals surface area contributed by atoms with Gasteiger partial charge in [0.25, 0.3) is 5.56 Å². The summed E-state index contributed by atoms with van der Waals surface area (Å²) in [7, 11) is 1.78. The van der Waals surface area contributed by atoms with E-state index in [1.807, 2.05) is 25.3 Å². The van der Waals surface area contributed by atoms with E-state index < -0.39 is 0 Å². The van der Waals surface area contributed by atoms with Crippen LogP contribution in [0.15, 0.2) is 29.2 Å². The molecule has 1 unspecified atom stereocenters. The van der Waals surface area contributed by atoms with Gasteiger partial charge in [0, 0.05) is 49.9 Å². The monoisotopic (exact) mass is 520 g/mol. The molecule has 9 heteroatoms. The summed E-state index contributed by atoms with van der Waals surface area (Å²) in [6.07, 6.45) is 2.80. The van der Waals surface area contributed by atoms with Crippen LogP contribution in [-0.2, 0) is 13.6 Å². The molecule has 4 heterocycles. The second kappa shape index (κ2) is 9.92. The molecule has 5 rings (SSSR count). The van der Waals surface area contributed by atoms with Crippen LogP contribution < -0.4 is 10.5 Å². The van der Waals surface area contributed by atoms with Gasteiger partial charge in [0.05, 0.1) is 32.6 Å². The second-order valence-electron chi connectivity index (χ2n) is 9.90. The first-order chi connectivity index (χ1) is 17.7. The maximum Gasteiger partial charge on any atom is 0.252 e. The standard InChI is InChI=1S/C28H33FN6OS/c1-7-9-12-33-16-24-27(31-33)23(13-25(36)32(24)6)34-15-20(8-2)35(14-17(34)3)18(4)21-10-11-22-28(26(21)29)37-19(5)30-22/h10-11,13,16-18,20H,8,12,14-15H2,1-6H3/t17-,18?,20+/m0/s1. The number of anilines is 1. The molecule has 0 bridgehead atoms. The molecule has 1 aliphatic heterocycles. The molecule has 0 aliphatic carbocycles. The molecule has 0 N–H and O–H groups in total. The van der Waals surface area contributed by atoms with E-state index in [4.69, 9.17) is 5.10 Å². The zero-order chi connectivity index (χ0) is 26.4. The quantitative estimate of drug-likeness (QED) is 0.352. The van der Waals surface area contributed by atoms with Gasteiger partial charge in [-0.2, -0.15) is 5.10 Å². The Kier molecular flexibility index (Phi) is 6.82. The summed E-state index contributed by atoms with van der Waals surface area (Å²) in [6, 6.07) is 5.74. The number of nitrogens with zero attached hydrogens (tertiary/aromatic N) is 6. The molecule has 1 saturated heterocycles. The Morgan fingerprint density at radius 2 is 2.08 bits per heavy atom. The van der Waals surface area contributed by atoms with Crippen molar-refractivity contribution in [3.8, 4) is 11.8 Å². The lowest BCUT2D eigenvalue weighted by Crippen LogP contribution is -2.58. The number of rotatable bonds is 5. The maximum absolute atomic E-state index is 15.6. The van der Waals surface area contributed by atoms with Gasteiger partial charge >= 0.3 is 0 Å². The highest BCUT2D eigenvalue weighted by Gasteiger charge is 2.36. The van der Waals surface area contributed by atoms with Gasteiger partial charge in [-0.3, -0.25) is 14.4 Å². The maximum atomic E-state index is 15.6. The van der Waals surface area contributed by atoms with Gasteiger partial charge < -0.3 is 9.47 Å². The Labute approximate surface area is 220 Å². The van der Waals surface area contributed by atoms with Crippen LogP contribution in [0.1, 0.15) is 50.7 Å². The van der Waals surface area contributed by atoms with E-state index in [0.717, 1.165) is 46.8 Å². The fourth-order valence-corrected chi connectivity index (χ4v) is 6.39. The van der Waals surface area contributed by atoms with E-state index in [0.29, 0.717) is 16.8 Å². The van der Waals surface area contributed by atoms with Gasteiger partial charge in [-0.1, -0.05) is 18.9 Å². The predicted molar refractivity (Wildman–Crippen MR) is 149 cm³/mol. The van der Waals surface area contributed by atoms with Crippen LogP contribution in [0.3, 0.4) is 0 Å². The molecular formula is C28H33FN6OS. The molecule has 7 nitrogen and oxygen atoms in total. The summed E-state index contributed by atoms with van der Waals surface area (Å²) in [5.74, 6) is 5.79. The van der Waals surface area contributed by atoms with Gasteiger partial charge in [0.15, 0.2) is 0 Å². The lowest BCUT2D eigenvalue weighted by atomic mass is 9.97. The molecule has 37 heavy (non-hydrogen) atoms. The van der Waals surface area contributed by atoms with Crippen LogP contribution in [-0.4, -0.2) is 49.4 Å². The summed E-state index contributed by atoms with van der Waals surface area (Å²) in [4.78, 5) is 22.1. The van der Waals surface area contributed by atoms with Crippen molar-refractivity contribution in [2.45, 2.75) is 65.7 Å². The average Bonchev–Trinajstić information content (AvgIpc) is 3.48. The van der Waals surface area contributed by atoms with E-state index in [2.05, 4.69) is 47.4 Å². The number of fused-ring (bicyclic) bond motifs is 2. The fraction of sp³-hybridized carbons (Fsp3) is 0.464. The minimum absolute atomic E-state index is 0.0603. The molecule has 0 spiro atoms. The molecule has 0 amide bonds. The lowest BCUT2D eigenvalue weighted by molar-refractivity contribution is 0.104. The number of benzene rings is 1. The minimum Gasteiger partial charge on any atom is -0.364 e. The van der Waals surface area contributed by atoms with Crippen LogP contribution in [0, 0.1) is 24.6 Å². The van der Waals surface area contributed by atoms with E-state index >= 15 is 4.39 Å². The Morgan fingerprint density at radius 3 is 2.81 bits per heavy atom. The Hall–Kier alpha value is -3.22. The van der Waals surface area contributed by atoms with Crippen molar-refractivity contribution in [3.63, 3.8) is 0 Å². The molecule has 3 atom stereocenters. The van der Waals surface area contributed by atoms with E-state index in [1.54, 1.807) is 29.3 Å². The molecule has 194 valence electrons. The van der Waals surface area contributed by atoms with Crippen LogP contribution in [0.25, 0.3) is 21.3 Å². The van der Waals surface area contributed by atoms with E-state index in [9.17, 15) is 4.79 Å². The smallest absolute Gasteiger partial charge is 0.252 e. The van der Waals surface area contributed by atoms with Crippen molar-refractivity contribution in [3.05, 3.63) is 51.1 Å². The van der Waals surface area contributed by atoms with Crippen molar-refractivity contribution in [1.29, 1.82) is 0 Å². The van der Waals surface area contributed by atoms with Crippen LogP contribution in [0.2, 0.25) is 0 Å². The summed E-state index contributed by atoms with van der Waals surface area (Å²) in [5.41, 5.74) is 3.83. The Balaban J connectivity index is 1.49. The number of aryl methyl sites for hydroxylation is 2. The van der Waals surface area contributed by atoms with Crippen LogP contribution >= 0.6 is 11.3 Å². The summed E-state index contributed by atoms with van der Waals surface area (Å²) >= 11 is 1.41. The minimum atomic E-state index is -0.158. The SMILES string of the molecule is CC#CCn1cc2c(n1)c(N1C[C@@H](CC)N(C(C)c3ccc4nc(C)sc4c3F)C[C@@H]1C)cc(=O)n2C. The second-order valence-corrected chi connectivity index (χ2v) is 11.1. The average molecular weight is 521 g/mol. The first-order valence-corrected chi connectivity index (χ1v) is 13.6. The lowest BCUT2D eigenvalue weighted by Gasteiger charge is -2.48. The number of aromatic nitrogens is 4. The highest BCUT2D eigenvalue weighted by atomic mass is 32.1. The highest BCUT2D eigenvalue weighted by molar-refractivity contribution is 7.18. The highest BCUT2D eigenvalue weighted by Crippen LogP contribution is 2.36. The van der Waals surface area contributed by atoms with Gasteiger partial charge in [-0.05, 0) is 40.2 Å². The zero-order valence-corrected chi connectivity index (χ0v) is 23.1. The summed E-state index contributed by atoms with van der Waals surface area (Å²) in [5, 5.41) is 5.67. The van der Waals surface area contributed by atoms with Crippen molar-refractivity contribution in [2.75, 3.05) is 18.0 Å². The zero-order valence-electron chi connectivity index (χ0n) is 22.2. The molecule has 1 aliphatic rings. The predicted octanol–water partition coefficient (Wildman–Crippen LogP) is 4.87. The number of pyridine rings is 1. The fourth-order valence-electron chi connectivity index (χ4n) is 5.53. The first-order valence-electron chi connectivity index (χ1n) is 12.8. The van der Waals surface area contributed by atoms with Gasteiger partial charge in [0.1, 0.15) is 17.9 Å². The number of piperazine rings is 1. The third kappa shape index (κ3) is 4.42. The van der Waals surface area contributed by atoms with Crippen molar-refractivity contribution in [1.82, 2.24) is 24.2 Å². The van der Waals surface area contributed by atoms with E-state index in [-0.39, 0.29) is 29.5 Å². The molecule has 0 radical (unpaired) electrons. The Morgan fingerprint density at radius 1 is 1.30 bits per heavy atom. The van der Waals surface area contributed by atoms with Crippen molar-refractivity contribution in [2.24, 2.45) is 7.05 Å². The van der Waals surface area contributed by atoms with Crippen LogP contribution in [0.4, 0.5) is 10.1 Å². The van der Waals surface area contributed by atoms with Crippen molar-refractivity contribution >= 4 is 38.3 Å². The summed E-state index contributed by atoms with van der Waals surface area (Å²) < 4.78 is 19.7. The summed E-state index contributed by atoms with van der Waals surface area (Å²) in [6.45, 7) is 12.1. The molecule has 1 fully saturated rings. The third-order valence-electron chi connectivity index (χ3n) is 7.60. The number of halogens is 1. The molecule has 3 aromatic heterocycles.